The third kappa shape index (κ3) is 4.40. The van der Waals surface area contributed by atoms with Crippen molar-refractivity contribution in [2.75, 3.05) is 10.6 Å². The molecule has 7 nitrogen and oxygen atoms in total. The molecule has 0 radical (unpaired) electrons. The lowest BCUT2D eigenvalue weighted by Gasteiger charge is -2.09. The summed E-state index contributed by atoms with van der Waals surface area (Å²) in [6.07, 6.45) is 1.50. The van der Waals surface area contributed by atoms with Gasteiger partial charge in [-0.2, -0.15) is 0 Å². The minimum atomic E-state index is -3.75. The third-order valence-corrected chi connectivity index (χ3v) is 6.67. The van der Waals surface area contributed by atoms with Gasteiger partial charge in [0.1, 0.15) is 6.54 Å². The predicted octanol–water partition coefficient (Wildman–Crippen LogP) is 4.07. The molecule has 2 amide bonds. The van der Waals surface area contributed by atoms with E-state index in [-0.39, 0.29) is 28.2 Å². The Morgan fingerprint density at radius 1 is 0.844 bits per heavy atom. The number of benzene rings is 3. The fraction of sp³-hybridized carbons (Fsp3) is 0.0833. The Balaban J connectivity index is 1.63. The fourth-order valence-corrected chi connectivity index (χ4v) is 5.02. The molecule has 4 rings (SSSR count). The first-order chi connectivity index (χ1) is 15.3. The summed E-state index contributed by atoms with van der Waals surface area (Å²) in [4.78, 5) is 24.3. The van der Waals surface area contributed by atoms with Gasteiger partial charge in [0.05, 0.1) is 9.79 Å². The summed E-state index contributed by atoms with van der Waals surface area (Å²) in [5.74, 6) is -0.533. The maximum Gasteiger partial charge on any atom is 0.244 e. The molecule has 0 saturated carbocycles. The van der Waals surface area contributed by atoms with E-state index in [1.165, 1.54) is 13.1 Å². The zero-order valence-corrected chi connectivity index (χ0v) is 18.1. The van der Waals surface area contributed by atoms with Crippen molar-refractivity contribution in [3.63, 3.8) is 0 Å². The van der Waals surface area contributed by atoms with Crippen molar-refractivity contribution in [3.05, 3.63) is 85.1 Å². The van der Waals surface area contributed by atoms with Gasteiger partial charge in [-0.15, -0.1) is 0 Å². The van der Waals surface area contributed by atoms with Crippen molar-refractivity contribution >= 4 is 43.9 Å². The van der Waals surface area contributed by atoms with Crippen LogP contribution in [0, 0.1) is 0 Å². The molecule has 0 fully saturated rings. The van der Waals surface area contributed by atoms with E-state index in [4.69, 9.17) is 0 Å². The van der Waals surface area contributed by atoms with Crippen LogP contribution in [-0.4, -0.2) is 24.8 Å². The number of nitrogens with zero attached hydrogens (tertiary/aromatic N) is 1. The molecular weight excluding hydrogens is 426 g/mol. The number of hydrogen-bond acceptors (Lipinski definition) is 4. The number of carbonyl (C=O) groups excluding carboxylic acids is 2. The summed E-state index contributed by atoms with van der Waals surface area (Å²) in [7, 11) is -3.75. The molecule has 0 unspecified atom stereocenters. The molecule has 4 aromatic rings. The summed E-state index contributed by atoms with van der Waals surface area (Å²) in [6.45, 7) is 1.33. The molecule has 3 aromatic carbocycles. The van der Waals surface area contributed by atoms with E-state index in [0.29, 0.717) is 22.3 Å². The predicted molar refractivity (Wildman–Crippen MR) is 123 cm³/mol. The number of para-hydroxylation sites is 1. The van der Waals surface area contributed by atoms with E-state index in [0.717, 1.165) is 0 Å². The van der Waals surface area contributed by atoms with Crippen molar-refractivity contribution in [3.8, 4) is 0 Å². The Morgan fingerprint density at radius 3 is 2.22 bits per heavy atom. The van der Waals surface area contributed by atoms with E-state index in [2.05, 4.69) is 10.6 Å². The summed E-state index contributed by atoms with van der Waals surface area (Å²) in [5, 5.41) is 6.01. The molecule has 162 valence electrons. The molecule has 0 bridgehead atoms. The van der Waals surface area contributed by atoms with Gasteiger partial charge in [0.15, 0.2) is 0 Å². The summed E-state index contributed by atoms with van der Waals surface area (Å²) in [5.41, 5.74) is 1.73. The maximum absolute atomic E-state index is 13.2. The van der Waals surface area contributed by atoms with E-state index in [1.54, 1.807) is 83.4 Å². The van der Waals surface area contributed by atoms with Gasteiger partial charge in [0, 0.05) is 35.4 Å². The highest BCUT2D eigenvalue weighted by molar-refractivity contribution is 7.91. The highest BCUT2D eigenvalue weighted by Gasteiger charge is 2.23. The zero-order valence-electron chi connectivity index (χ0n) is 17.3. The van der Waals surface area contributed by atoms with Gasteiger partial charge in [-0.25, -0.2) is 8.42 Å². The largest absolute Gasteiger partial charge is 0.337 e. The van der Waals surface area contributed by atoms with E-state index in [9.17, 15) is 18.0 Å². The maximum atomic E-state index is 13.2. The molecule has 0 aliphatic rings. The Kier molecular flexibility index (Phi) is 5.79. The lowest BCUT2D eigenvalue weighted by molar-refractivity contribution is -0.116. The Bertz CT molecular complexity index is 1410. The van der Waals surface area contributed by atoms with Crippen LogP contribution in [-0.2, 0) is 26.0 Å². The summed E-state index contributed by atoms with van der Waals surface area (Å²) >= 11 is 0. The normalized spacial score (nSPS) is 11.3. The second-order valence-electron chi connectivity index (χ2n) is 7.27. The van der Waals surface area contributed by atoms with E-state index in [1.807, 2.05) is 0 Å². The van der Waals surface area contributed by atoms with Gasteiger partial charge in [-0.3, -0.25) is 9.59 Å². The minimum Gasteiger partial charge on any atom is -0.337 e. The first kappa shape index (κ1) is 21.3. The van der Waals surface area contributed by atoms with Crippen LogP contribution in [0.1, 0.15) is 6.92 Å². The van der Waals surface area contributed by atoms with Crippen LogP contribution in [0.3, 0.4) is 0 Å². The number of rotatable bonds is 6. The van der Waals surface area contributed by atoms with Crippen molar-refractivity contribution in [1.29, 1.82) is 0 Å². The number of hydrogen-bond donors (Lipinski definition) is 2. The van der Waals surface area contributed by atoms with Crippen LogP contribution in [0.25, 0.3) is 10.9 Å². The second-order valence-corrected chi connectivity index (χ2v) is 9.18. The number of amides is 2. The van der Waals surface area contributed by atoms with Crippen LogP contribution in [0.2, 0.25) is 0 Å². The van der Waals surface area contributed by atoms with Crippen LogP contribution in [0.4, 0.5) is 11.4 Å². The molecule has 2 N–H and O–H groups in total. The monoisotopic (exact) mass is 447 g/mol. The fourth-order valence-electron chi connectivity index (χ4n) is 3.52. The van der Waals surface area contributed by atoms with Gasteiger partial charge >= 0.3 is 0 Å². The quantitative estimate of drug-likeness (QED) is 0.466. The lowest BCUT2D eigenvalue weighted by atomic mass is 10.2. The number of nitrogens with one attached hydrogen (secondary N) is 2. The molecule has 32 heavy (non-hydrogen) atoms. The molecule has 0 aliphatic carbocycles. The van der Waals surface area contributed by atoms with Gasteiger partial charge < -0.3 is 15.2 Å². The van der Waals surface area contributed by atoms with Gasteiger partial charge in [0.2, 0.25) is 21.7 Å². The summed E-state index contributed by atoms with van der Waals surface area (Å²) in [6, 6.07) is 22.1. The van der Waals surface area contributed by atoms with Crippen LogP contribution < -0.4 is 10.6 Å². The Labute approximate surface area is 185 Å². The highest BCUT2D eigenvalue weighted by Crippen LogP contribution is 2.30. The zero-order chi connectivity index (χ0) is 22.7. The highest BCUT2D eigenvalue weighted by atomic mass is 32.2. The Hall–Kier alpha value is -3.91. The Morgan fingerprint density at radius 2 is 1.50 bits per heavy atom. The average molecular weight is 448 g/mol. The molecule has 1 heterocycles. The SMILES string of the molecule is CC(=O)Nc1cccc(NC(=O)Cn2cc(S(=O)(=O)c3ccccc3)c3ccccc32)c1. The first-order valence-corrected chi connectivity index (χ1v) is 11.4. The molecule has 0 spiro atoms. The van der Waals surface area contributed by atoms with Gasteiger partial charge in [-0.05, 0) is 36.4 Å². The second kappa shape index (κ2) is 8.68. The smallest absolute Gasteiger partial charge is 0.244 e. The topological polar surface area (TPSA) is 97.3 Å². The molecular formula is C24H21N3O4S. The minimum absolute atomic E-state index is 0.0742. The van der Waals surface area contributed by atoms with Crippen molar-refractivity contribution < 1.29 is 18.0 Å². The first-order valence-electron chi connectivity index (χ1n) is 9.90. The number of fused-ring (bicyclic) bond motifs is 1. The third-order valence-electron chi connectivity index (χ3n) is 4.88. The van der Waals surface area contributed by atoms with Crippen LogP contribution in [0.5, 0.6) is 0 Å². The lowest BCUT2D eigenvalue weighted by Crippen LogP contribution is -2.18. The van der Waals surface area contributed by atoms with Gasteiger partial charge in [0.25, 0.3) is 0 Å². The molecule has 8 heteroatoms. The molecule has 0 atom stereocenters. The van der Waals surface area contributed by atoms with Crippen molar-refractivity contribution in [2.45, 2.75) is 23.3 Å². The van der Waals surface area contributed by atoms with Crippen molar-refractivity contribution in [1.82, 2.24) is 4.57 Å². The van der Waals surface area contributed by atoms with Gasteiger partial charge in [-0.1, -0.05) is 42.5 Å². The van der Waals surface area contributed by atoms with E-state index >= 15 is 0 Å². The van der Waals surface area contributed by atoms with Crippen LogP contribution >= 0.6 is 0 Å². The van der Waals surface area contributed by atoms with E-state index < -0.39 is 9.84 Å². The number of anilines is 2. The summed E-state index contributed by atoms with van der Waals surface area (Å²) < 4.78 is 28.1. The average Bonchev–Trinajstić information content (AvgIpc) is 3.13. The van der Waals surface area contributed by atoms with Crippen molar-refractivity contribution in [2.24, 2.45) is 0 Å². The number of aromatic nitrogens is 1. The number of sulfone groups is 1. The molecule has 0 aliphatic heterocycles. The molecule has 0 saturated heterocycles. The standard InChI is InChI=1S/C24H21N3O4S/c1-17(28)25-18-8-7-9-19(14-18)26-24(29)16-27-15-23(21-12-5-6-13-22(21)27)32(30,31)20-10-3-2-4-11-20/h2-15H,16H2,1H3,(H,25,28)(H,26,29). The van der Waals surface area contributed by atoms with Crippen LogP contribution in [0.15, 0.2) is 94.9 Å². The number of carbonyl (C=O) groups is 2. The molecule has 1 aromatic heterocycles.